The number of hydrogen-bond acceptors (Lipinski definition) is 2. The van der Waals surface area contributed by atoms with E-state index in [9.17, 15) is 0 Å². The largest absolute Gasteiger partial charge is 0.412 e. The van der Waals surface area contributed by atoms with Gasteiger partial charge >= 0.3 is 0 Å². The molecule has 0 atom stereocenters. The summed E-state index contributed by atoms with van der Waals surface area (Å²) in [6.45, 7) is 2.35. The molecule has 82 valence electrons. The van der Waals surface area contributed by atoms with E-state index in [1.54, 1.807) is 0 Å². The molecule has 2 rings (SSSR count). The van der Waals surface area contributed by atoms with Gasteiger partial charge in [-0.1, -0.05) is 31.9 Å². The Kier molecular flexibility index (Phi) is 3.27. The summed E-state index contributed by atoms with van der Waals surface area (Å²) in [5.74, 6) is 7.49. The highest BCUT2D eigenvalue weighted by molar-refractivity contribution is 5.29. The van der Waals surface area contributed by atoms with E-state index in [-0.39, 0.29) is 0 Å². The third-order valence-corrected chi connectivity index (χ3v) is 3.50. The highest BCUT2D eigenvalue weighted by atomic mass is 16.6. The van der Waals surface area contributed by atoms with Crippen LogP contribution in [0.5, 0.6) is 5.75 Å². The van der Waals surface area contributed by atoms with Gasteiger partial charge < -0.3 is 4.84 Å². The quantitative estimate of drug-likeness (QED) is 0.752. The average molecular weight is 205 g/mol. The average Bonchev–Trinajstić information content (AvgIpc) is 2.30. The Labute approximate surface area is 91.4 Å². The Morgan fingerprint density at radius 2 is 1.67 bits per heavy atom. The first-order valence-corrected chi connectivity index (χ1v) is 5.76. The van der Waals surface area contributed by atoms with Gasteiger partial charge in [0.05, 0.1) is 0 Å². The van der Waals surface area contributed by atoms with Gasteiger partial charge in [0.25, 0.3) is 0 Å². The van der Waals surface area contributed by atoms with Crippen LogP contribution in [0, 0.1) is 5.92 Å². The van der Waals surface area contributed by atoms with E-state index in [2.05, 4.69) is 23.9 Å². The van der Waals surface area contributed by atoms with Crippen LogP contribution < -0.4 is 10.7 Å². The van der Waals surface area contributed by atoms with Crippen molar-refractivity contribution in [3.63, 3.8) is 0 Å². The van der Waals surface area contributed by atoms with Crippen molar-refractivity contribution in [1.29, 1.82) is 0 Å². The molecule has 1 aliphatic carbocycles. The van der Waals surface area contributed by atoms with Crippen LogP contribution in [0.1, 0.15) is 44.1 Å². The molecule has 2 N–H and O–H groups in total. The summed E-state index contributed by atoms with van der Waals surface area (Å²) in [4.78, 5) is 4.67. The molecule has 2 heteroatoms. The Bertz CT molecular complexity index is 299. The predicted molar refractivity (Wildman–Crippen MR) is 61.6 cm³/mol. The molecule has 15 heavy (non-hydrogen) atoms. The van der Waals surface area contributed by atoms with Crippen LogP contribution in [0.15, 0.2) is 24.3 Å². The van der Waals surface area contributed by atoms with Gasteiger partial charge in [0.1, 0.15) is 5.75 Å². The van der Waals surface area contributed by atoms with E-state index in [0.29, 0.717) is 0 Å². The maximum absolute atomic E-state index is 5.10. The minimum absolute atomic E-state index is 0.739. The maximum Gasteiger partial charge on any atom is 0.146 e. The summed E-state index contributed by atoms with van der Waals surface area (Å²) in [5, 5.41) is 0. The van der Waals surface area contributed by atoms with Crippen molar-refractivity contribution in [2.75, 3.05) is 0 Å². The van der Waals surface area contributed by atoms with E-state index >= 15 is 0 Å². The molecular formula is C13H19NO. The topological polar surface area (TPSA) is 35.2 Å². The fourth-order valence-corrected chi connectivity index (χ4v) is 2.41. The summed E-state index contributed by atoms with van der Waals surface area (Å²) in [5.41, 5.74) is 1.43. The lowest BCUT2D eigenvalue weighted by Gasteiger charge is -2.26. The lowest BCUT2D eigenvalue weighted by molar-refractivity contribution is 0.333. The van der Waals surface area contributed by atoms with Crippen molar-refractivity contribution >= 4 is 0 Å². The molecule has 1 aromatic carbocycles. The Hall–Kier alpha value is -1.02. The van der Waals surface area contributed by atoms with Gasteiger partial charge in [-0.15, -0.1) is 0 Å². The second kappa shape index (κ2) is 4.67. The summed E-state index contributed by atoms with van der Waals surface area (Å²) in [6.07, 6.45) is 5.37. The first-order chi connectivity index (χ1) is 7.29. The Balaban J connectivity index is 2.03. The highest BCUT2D eigenvalue weighted by Gasteiger charge is 2.19. The molecule has 1 saturated carbocycles. The molecule has 2 nitrogen and oxygen atoms in total. The summed E-state index contributed by atoms with van der Waals surface area (Å²) in [7, 11) is 0. The molecule has 1 fully saturated rings. The van der Waals surface area contributed by atoms with Crippen molar-refractivity contribution in [3.05, 3.63) is 29.8 Å². The molecule has 0 unspecified atom stereocenters. The van der Waals surface area contributed by atoms with Crippen molar-refractivity contribution in [3.8, 4) is 5.75 Å². The standard InChI is InChI=1S/C13H19NO/c1-10-2-4-11(5-3-10)12-6-8-13(15-14)9-7-12/h6-11H,2-5,14H2,1H3. The third kappa shape index (κ3) is 2.51. The zero-order chi connectivity index (χ0) is 10.7. The molecule has 0 saturated heterocycles. The van der Waals surface area contributed by atoms with Gasteiger partial charge in [-0.3, -0.25) is 0 Å². The second-order valence-electron chi connectivity index (χ2n) is 4.64. The Morgan fingerprint density at radius 3 is 2.20 bits per heavy atom. The third-order valence-electron chi connectivity index (χ3n) is 3.50. The van der Waals surface area contributed by atoms with Gasteiger partial charge in [0.2, 0.25) is 0 Å². The number of nitrogens with two attached hydrogens (primary N) is 1. The van der Waals surface area contributed by atoms with Crippen LogP contribution >= 0.6 is 0 Å². The summed E-state index contributed by atoms with van der Waals surface area (Å²) in [6, 6.07) is 8.19. The van der Waals surface area contributed by atoms with E-state index < -0.39 is 0 Å². The molecule has 1 aromatic rings. The van der Waals surface area contributed by atoms with Crippen LogP contribution in [0.3, 0.4) is 0 Å². The van der Waals surface area contributed by atoms with Crippen LogP contribution in [-0.2, 0) is 0 Å². The zero-order valence-corrected chi connectivity index (χ0v) is 9.28. The molecule has 0 radical (unpaired) electrons. The minimum Gasteiger partial charge on any atom is -0.412 e. The second-order valence-corrected chi connectivity index (χ2v) is 4.64. The normalized spacial score (nSPS) is 26.3. The monoisotopic (exact) mass is 205 g/mol. The first-order valence-electron chi connectivity index (χ1n) is 5.76. The fraction of sp³-hybridized carbons (Fsp3) is 0.538. The van der Waals surface area contributed by atoms with Crippen molar-refractivity contribution in [1.82, 2.24) is 0 Å². The lowest BCUT2D eigenvalue weighted by atomic mass is 9.79. The number of hydrogen-bond donors (Lipinski definition) is 1. The van der Waals surface area contributed by atoms with E-state index in [1.807, 2.05) is 12.1 Å². The molecular weight excluding hydrogens is 186 g/mol. The van der Waals surface area contributed by atoms with Crippen LogP contribution in [0.4, 0.5) is 0 Å². The van der Waals surface area contributed by atoms with E-state index in [1.165, 1.54) is 31.2 Å². The smallest absolute Gasteiger partial charge is 0.146 e. The van der Waals surface area contributed by atoms with E-state index in [4.69, 9.17) is 5.90 Å². The summed E-state index contributed by atoms with van der Waals surface area (Å²) < 4.78 is 0. The van der Waals surface area contributed by atoms with Crippen LogP contribution in [0.2, 0.25) is 0 Å². The SMILES string of the molecule is CC1CCC(c2ccc(ON)cc2)CC1. The molecule has 1 aliphatic rings. The number of rotatable bonds is 2. The molecule has 0 spiro atoms. The molecule has 0 bridgehead atoms. The van der Waals surface area contributed by atoms with Crippen molar-refractivity contribution < 1.29 is 4.84 Å². The van der Waals surface area contributed by atoms with E-state index in [0.717, 1.165) is 17.6 Å². The van der Waals surface area contributed by atoms with Crippen molar-refractivity contribution in [2.45, 2.75) is 38.5 Å². The van der Waals surface area contributed by atoms with Crippen LogP contribution in [-0.4, -0.2) is 0 Å². The van der Waals surface area contributed by atoms with Gasteiger partial charge in [0, 0.05) is 0 Å². The minimum atomic E-state index is 0.739. The first kappa shape index (κ1) is 10.5. The highest BCUT2D eigenvalue weighted by Crippen LogP contribution is 2.35. The zero-order valence-electron chi connectivity index (χ0n) is 9.28. The molecule has 0 aromatic heterocycles. The molecule has 0 amide bonds. The molecule has 0 aliphatic heterocycles. The predicted octanol–water partition coefficient (Wildman–Crippen LogP) is 3.23. The Morgan fingerprint density at radius 1 is 1.07 bits per heavy atom. The van der Waals surface area contributed by atoms with Gasteiger partial charge in [0.15, 0.2) is 0 Å². The van der Waals surface area contributed by atoms with Crippen LogP contribution in [0.25, 0.3) is 0 Å². The maximum atomic E-state index is 5.10. The van der Waals surface area contributed by atoms with Crippen molar-refractivity contribution in [2.24, 2.45) is 11.8 Å². The molecule has 0 heterocycles. The van der Waals surface area contributed by atoms with Gasteiger partial charge in [-0.25, -0.2) is 0 Å². The van der Waals surface area contributed by atoms with Gasteiger partial charge in [-0.2, -0.15) is 5.90 Å². The fourth-order valence-electron chi connectivity index (χ4n) is 2.41. The number of benzene rings is 1. The summed E-state index contributed by atoms with van der Waals surface area (Å²) >= 11 is 0. The lowest BCUT2D eigenvalue weighted by Crippen LogP contribution is -2.10. The van der Waals surface area contributed by atoms with Gasteiger partial charge in [-0.05, 0) is 42.4 Å².